The molecular weight excluding hydrogens is 300 g/mol. The van der Waals surface area contributed by atoms with Crippen LogP contribution in [0, 0.1) is 13.8 Å². The van der Waals surface area contributed by atoms with E-state index < -0.39 is 10.0 Å². The molecule has 122 valence electrons. The molecular formula is C15H24N4O2S. The van der Waals surface area contributed by atoms with Crippen molar-refractivity contribution in [2.45, 2.75) is 50.8 Å². The van der Waals surface area contributed by atoms with Gasteiger partial charge in [0.1, 0.15) is 5.82 Å². The lowest BCUT2D eigenvalue weighted by atomic mass is 10.1. The van der Waals surface area contributed by atoms with Gasteiger partial charge < -0.3 is 4.90 Å². The van der Waals surface area contributed by atoms with E-state index in [1.54, 1.807) is 17.5 Å². The van der Waals surface area contributed by atoms with Crippen molar-refractivity contribution < 1.29 is 8.42 Å². The molecule has 2 heterocycles. The van der Waals surface area contributed by atoms with Crippen molar-refractivity contribution in [2.24, 2.45) is 0 Å². The van der Waals surface area contributed by atoms with Crippen molar-refractivity contribution in [1.82, 2.24) is 14.3 Å². The largest absolute Gasteiger partial charge is 0.354 e. The molecule has 1 unspecified atom stereocenters. The molecule has 3 rings (SSSR count). The van der Waals surface area contributed by atoms with Gasteiger partial charge in [-0.15, -0.1) is 0 Å². The summed E-state index contributed by atoms with van der Waals surface area (Å²) in [4.78, 5) is 11.2. The average molecular weight is 324 g/mol. The van der Waals surface area contributed by atoms with Crippen LogP contribution < -0.4 is 4.90 Å². The Balaban J connectivity index is 1.78. The molecule has 0 N–H and O–H groups in total. The second-order valence-electron chi connectivity index (χ2n) is 6.42. The van der Waals surface area contributed by atoms with E-state index in [4.69, 9.17) is 0 Å². The van der Waals surface area contributed by atoms with E-state index in [0.29, 0.717) is 6.54 Å². The molecule has 0 bridgehead atoms. The molecule has 2 fully saturated rings. The molecule has 0 radical (unpaired) electrons. The van der Waals surface area contributed by atoms with Crippen LogP contribution in [-0.4, -0.2) is 54.1 Å². The molecule has 1 saturated carbocycles. The van der Waals surface area contributed by atoms with Gasteiger partial charge in [-0.05, 0) is 39.5 Å². The molecule has 1 aromatic rings. The molecule has 1 aliphatic carbocycles. The summed E-state index contributed by atoms with van der Waals surface area (Å²) in [5.41, 5.74) is 1.79. The highest BCUT2D eigenvalue weighted by Crippen LogP contribution is 2.33. The van der Waals surface area contributed by atoms with Gasteiger partial charge in [-0.25, -0.2) is 13.4 Å². The summed E-state index contributed by atoms with van der Waals surface area (Å²) >= 11 is 0. The predicted molar refractivity (Wildman–Crippen MR) is 86.4 cm³/mol. The van der Waals surface area contributed by atoms with Gasteiger partial charge in [-0.2, -0.15) is 4.31 Å². The first-order valence-electron chi connectivity index (χ1n) is 7.91. The summed E-state index contributed by atoms with van der Waals surface area (Å²) in [6.07, 6.45) is 5.28. The molecule has 0 amide bonds. The topological polar surface area (TPSA) is 66.4 Å². The number of likely N-dealkylation sites (N-methyl/N-ethyl adjacent to an activating group) is 1. The zero-order valence-electron chi connectivity index (χ0n) is 13.5. The van der Waals surface area contributed by atoms with Gasteiger partial charge in [0, 0.05) is 32.4 Å². The summed E-state index contributed by atoms with van der Waals surface area (Å²) in [6.45, 7) is 5.49. The zero-order chi connectivity index (χ0) is 15.9. The Kier molecular flexibility index (Phi) is 4.11. The number of piperidine rings is 1. The van der Waals surface area contributed by atoms with Gasteiger partial charge in [0.05, 0.1) is 16.6 Å². The number of anilines is 1. The molecule has 1 saturated heterocycles. The normalized spacial score (nSPS) is 23.1. The Morgan fingerprint density at radius 3 is 2.68 bits per heavy atom. The molecule has 1 aromatic heterocycles. The molecule has 7 heteroatoms. The minimum absolute atomic E-state index is 0.0288. The summed E-state index contributed by atoms with van der Waals surface area (Å²) in [5.74, 6) is 0.891. The van der Waals surface area contributed by atoms with Gasteiger partial charge in [0.15, 0.2) is 0 Å². The number of sulfonamides is 1. The molecule has 6 nitrogen and oxygen atoms in total. The lowest BCUT2D eigenvalue weighted by Crippen LogP contribution is -2.49. The predicted octanol–water partition coefficient (Wildman–Crippen LogP) is 1.49. The van der Waals surface area contributed by atoms with Crippen LogP contribution in [0.4, 0.5) is 5.82 Å². The number of hydrogen-bond acceptors (Lipinski definition) is 5. The minimum Gasteiger partial charge on any atom is -0.354 e. The van der Waals surface area contributed by atoms with Crippen LogP contribution >= 0.6 is 0 Å². The lowest BCUT2D eigenvalue weighted by Gasteiger charge is -2.38. The molecule has 0 aromatic carbocycles. The zero-order valence-corrected chi connectivity index (χ0v) is 14.3. The maximum absolute atomic E-state index is 12.4. The maximum atomic E-state index is 12.4. The fraction of sp³-hybridized carbons (Fsp3) is 0.733. The number of aryl methyl sites for hydroxylation is 2. The Hall–Kier alpha value is -1.21. The van der Waals surface area contributed by atoms with Crippen molar-refractivity contribution in [1.29, 1.82) is 0 Å². The van der Waals surface area contributed by atoms with E-state index in [1.807, 2.05) is 13.8 Å². The molecule has 2 aliphatic rings. The number of rotatable bonds is 4. The Morgan fingerprint density at radius 1 is 1.27 bits per heavy atom. The van der Waals surface area contributed by atoms with Crippen LogP contribution in [-0.2, 0) is 10.0 Å². The van der Waals surface area contributed by atoms with E-state index in [1.165, 1.54) is 0 Å². The number of nitrogens with zero attached hydrogens (tertiary/aromatic N) is 4. The smallest absolute Gasteiger partial charge is 0.217 e. The lowest BCUT2D eigenvalue weighted by molar-refractivity contribution is 0.319. The SMILES string of the molecule is Cc1cnc(C)c(N2CCCC(N(C)S(=O)(=O)C3CC3)C2)n1. The Bertz CT molecular complexity index is 658. The number of hydrogen-bond donors (Lipinski definition) is 0. The van der Waals surface area contributed by atoms with Crippen LogP contribution in [0.25, 0.3) is 0 Å². The fourth-order valence-corrected chi connectivity index (χ4v) is 4.87. The molecule has 22 heavy (non-hydrogen) atoms. The summed E-state index contributed by atoms with van der Waals surface area (Å²) in [5, 5.41) is -0.145. The molecule has 1 aliphatic heterocycles. The average Bonchev–Trinajstić information content (AvgIpc) is 3.34. The van der Waals surface area contributed by atoms with E-state index >= 15 is 0 Å². The van der Waals surface area contributed by atoms with Gasteiger partial charge >= 0.3 is 0 Å². The van der Waals surface area contributed by atoms with Crippen molar-refractivity contribution >= 4 is 15.8 Å². The quantitative estimate of drug-likeness (QED) is 0.839. The van der Waals surface area contributed by atoms with E-state index in [9.17, 15) is 8.42 Å². The van der Waals surface area contributed by atoms with E-state index in [-0.39, 0.29) is 11.3 Å². The third kappa shape index (κ3) is 2.96. The molecule has 1 atom stereocenters. The van der Waals surface area contributed by atoms with E-state index in [2.05, 4.69) is 14.9 Å². The van der Waals surface area contributed by atoms with Gasteiger partial charge in [-0.3, -0.25) is 4.98 Å². The minimum atomic E-state index is -3.12. The van der Waals surface area contributed by atoms with Crippen LogP contribution in [0.3, 0.4) is 0 Å². The highest BCUT2D eigenvalue weighted by atomic mass is 32.2. The Morgan fingerprint density at radius 2 is 2.00 bits per heavy atom. The molecule has 0 spiro atoms. The monoisotopic (exact) mass is 324 g/mol. The third-order valence-corrected chi connectivity index (χ3v) is 7.02. The maximum Gasteiger partial charge on any atom is 0.217 e. The van der Waals surface area contributed by atoms with Gasteiger partial charge in [0.2, 0.25) is 10.0 Å². The highest BCUT2D eigenvalue weighted by molar-refractivity contribution is 7.90. The standard InChI is InChI=1S/C15H24N4O2S/c1-11-9-16-12(2)15(17-11)19-8-4-5-13(10-19)18(3)22(20,21)14-6-7-14/h9,13-14H,4-8,10H2,1-3H3. The Labute approximate surface area is 132 Å². The summed E-state index contributed by atoms with van der Waals surface area (Å²) in [6, 6.07) is 0.0288. The summed E-state index contributed by atoms with van der Waals surface area (Å²) in [7, 11) is -1.39. The second-order valence-corrected chi connectivity index (χ2v) is 8.70. The highest BCUT2D eigenvalue weighted by Gasteiger charge is 2.41. The second kappa shape index (κ2) is 5.77. The van der Waals surface area contributed by atoms with E-state index in [0.717, 1.165) is 49.4 Å². The van der Waals surface area contributed by atoms with Crippen molar-refractivity contribution in [3.05, 3.63) is 17.6 Å². The van der Waals surface area contributed by atoms with Crippen LogP contribution in [0.15, 0.2) is 6.20 Å². The first-order chi connectivity index (χ1) is 10.4. The summed E-state index contributed by atoms with van der Waals surface area (Å²) < 4.78 is 26.5. The van der Waals surface area contributed by atoms with Crippen LogP contribution in [0.1, 0.15) is 37.1 Å². The number of aromatic nitrogens is 2. The van der Waals surface area contributed by atoms with Gasteiger partial charge in [0.25, 0.3) is 0 Å². The van der Waals surface area contributed by atoms with Crippen molar-refractivity contribution in [2.75, 3.05) is 25.0 Å². The fourth-order valence-electron chi connectivity index (χ4n) is 3.08. The third-order valence-electron chi connectivity index (χ3n) is 4.61. The van der Waals surface area contributed by atoms with Gasteiger partial charge in [-0.1, -0.05) is 0 Å². The van der Waals surface area contributed by atoms with Crippen molar-refractivity contribution in [3.63, 3.8) is 0 Å². The van der Waals surface area contributed by atoms with Crippen LogP contribution in [0.5, 0.6) is 0 Å². The van der Waals surface area contributed by atoms with Crippen LogP contribution in [0.2, 0.25) is 0 Å². The van der Waals surface area contributed by atoms with Crippen molar-refractivity contribution in [3.8, 4) is 0 Å². The first kappa shape index (κ1) is 15.7. The first-order valence-corrected chi connectivity index (χ1v) is 9.42.